The molecule has 4 heteroatoms. The van der Waals surface area contributed by atoms with Gasteiger partial charge in [0.2, 0.25) is 0 Å². The van der Waals surface area contributed by atoms with E-state index in [2.05, 4.69) is 39.0 Å². The van der Waals surface area contributed by atoms with Gasteiger partial charge in [0, 0.05) is 5.92 Å². The Morgan fingerprint density at radius 3 is 2.71 bits per heavy atom. The van der Waals surface area contributed by atoms with Crippen molar-refractivity contribution in [1.82, 2.24) is 10.1 Å². The molecule has 0 saturated carbocycles. The van der Waals surface area contributed by atoms with Crippen LogP contribution in [0.5, 0.6) is 0 Å². The molecule has 1 unspecified atom stereocenters. The Labute approximate surface area is 101 Å². The summed E-state index contributed by atoms with van der Waals surface area (Å²) in [6, 6.07) is 6.32. The van der Waals surface area contributed by atoms with Gasteiger partial charge in [-0.25, -0.2) is 9.90 Å². The van der Waals surface area contributed by atoms with Gasteiger partial charge in [-0.1, -0.05) is 25.1 Å². The van der Waals surface area contributed by atoms with Crippen LogP contribution in [0.1, 0.15) is 29.5 Å². The predicted octanol–water partition coefficient (Wildman–Crippen LogP) is 2.48. The molecule has 2 aliphatic rings. The van der Waals surface area contributed by atoms with E-state index in [1.807, 2.05) is 0 Å². The number of fused-ring (bicyclic) bond motifs is 1. The summed E-state index contributed by atoms with van der Waals surface area (Å²) in [4.78, 5) is 5.23. The molecule has 17 heavy (non-hydrogen) atoms. The van der Waals surface area contributed by atoms with E-state index in [9.17, 15) is 5.21 Å². The maximum atomic E-state index is 9.52. The number of rotatable bonds is 2. The van der Waals surface area contributed by atoms with Crippen LogP contribution in [0.4, 0.5) is 0 Å². The summed E-state index contributed by atoms with van der Waals surface area (Å²) in [5.41, 5.74) is 4.87. The minimum Gasteiger partial charge on any atom is -0.285 e. The molecule has 0 aliphatic carbocycles. The van der Waals surface area contributed by atoms with Gasteiger partial charge in [-0.15, -0.1) is 0 Å². The van der Waals surface area contributed by atoms with Crippen molar-refractivity contribution in [3.05, 3.63) is 46.8 Å². The Kier molecular flexibility index (Phi) is 2.18. The number of hydrogen-bond acceptors (Lipinski definition) is 4. The standard InChI is InChI=1S/C13H16N2O2/c1-8-5-4-6-11(9(8)2)10(3)12-7-14(16)13-15(12)17-13/h4-7,10,13,16H,1-3H3/t10-,13?,15?/m0/s1. The van der Waals surface area contributed by atoms with Crippen LogP contribution >= 0.6 is 0 Å². The fraction of sp³-hybridized carbons (Fsp3) is 0.385. The maximum absolute atomic E-state index is 9.52. The summed E-state index contributed by atoms with van der Waals surface area (Å²) in [7, 11) is 0. The first-order valence-corrected chi connectivity index (χ1v) is 5.80. The molecule has 2 atom stereocenters. The molecule has 2 heterocycles. The third-order valence-corrected chi connectivity index (χ3v) is 3.66. The molecule has 0 bridgehead atoms. The zero-order chi connectivity index (χ0) is 12.2. The van der Waals surface area contributed by atoms with Crippen molar-refractivity contribution in [3.8, 4) is 0 Å². The van der Waals surface area contributed by atoms with Crippen LogP contribution < -0.4 is 0 Å². The largest absolute Gasteiger partial charge is 0.285 e. The number of hydrogen-bond donors (Lipinski definition) is 1. The average molecular weight is 232 g/mol. The van der Waals surface area contributed by atoms with Crippen molar-refractivity contribution >= 4 is 0 Å². The molecule has 4 nitrogen and oxygen atoms in total. The first-order valence-electron chi connectivity index (χ1n) is 5.80. The van der Waals surface area contributed by atoms with Crippen molar-refractivity contribution in [2.45, 2.75) is 33.0 Å². The molecule has 0 radical (unpaired) electrons. The van der Waals surface area contributed by atoms with Crippen LogP contribution in [0, 0.1) is 13.8 Å². The molecule has 1 aromatic rings. The van der Waals surface area contributed by atoms with E-state index in [1.54, 1.807) is 11.3 Å². The zero-order valence-corrected chi connectivity index (χ0v) is 10.2. The van der Waals surface area contributed by atoms with Crippen LogP contribution in [-0.4, -0.2) is 21.7 Å². The topological polar surface area (TPSA) is 39.0 Å². The first-order chi connectivity index (χ1) is 8.09. The van der Waals surface area contributed by atoms with Crippen LogP contribution in [0.15, 0.2) is 30.1 Å². The number of hydroxylamine groups is 4. The lowest BCUT2D eigenvalue weighted by molar-refractivity contribution is -0.0762. The lowest BCUT2D eigenvalue weighted by atomic mass is 9.91. The SMILES string of the molecule is Cc1cccc([C@H](C)C2=CN(O)C3ON23)c1C. The van der Waals surface area contributed by atoms with E-state index >= 15 is 0 Å². The summed E-state index contributed by atoms with van der Waals surface area (Å²) >= 11 is 0. The van der Waals surface area contributed by atoms with Gasteiger partial charge in [-0.2, -0.15) is 5.06 Å². The van der Waals surface area contributed by atoms with Crippen LogP contribution in [0.2, 0.25) is 0 Å². The lowest BCUT2D eigenvalue weighted by Crippen LogP contribution is -2.12. The summed E-state index contributed by atoms with van der Waals surface area (Å²) in [5, 5.41) is 12.4. The Bertz CT molecular complexity index is 498. The van der Waals surface area contributed by atoms with Crippen LogP contribution in [-0.2, 0) is 4.84 Å². The molecule has 0 aromatic heterocycles. The normalized spacial score (nSPS) is 23.5. The van der Waals surface area contributed by atoms with Crippen molar-refractivity contribution in [1.29, 1.82) is 0 Å². The molecule has 1 saturated heterocycles. The Morgan fingerprint density at radius 2 is 2.12 bits per heavy atom. The number of allylic oxidation sites excluding steroid dienone is 1. The highest BCUT2D eigenvalue weighted by Gasteiger charge is 2.49. The second-order valence-corrected chi connectivity index (χ2v) is 4.70. The van der Waals surface area contributed by atoms with Crippen molar-refractivity contribution in [3.63, 3.8) is 0 Å². The van der Waals surface area contributed by atoms with Crippen molar-refractivity contribution in [2.24, 2.45) is 0 Å². The molecular weight excluding hydrogens is 216 g/mol. The highest BCUT2D eigenvalue weighted by atomic mass is 16.9. The van der Waals surface area contributed by atoms with E-state index in [-0.39, 0.29) is 12.3 Å². The van der Waals surface area contributed by atoms with E-state index in [0.29, 0.717) is 0 Å². The molecule has 3 rings (SSSR count). The summed E-state index contributed by atoms with van der Waals surface area (Å²) in [6.45, 7) is 6.38. The van der Waals surface area contributed by atoms with Gasteiger partial charge in [0.15, 0.2) is 0 Å². The van der Waals surface area contributed by atoms with Crippen molar-refractivity contribution < 1.29 is 10.0 Å². The smallest absolute Gasteiger partial charge is 0.278 e. The van der Waals surface area contributed by atoms with E-state index < -0.39 is 0 Å². The minimum atomic E-state index is -0.294. The van der Waals surface area contributed by atoms with Gasteiger partial charge in [0.1, 0.15) is 0 Å². The summed E-state index contributed by atoms with van der Waals surface area (Å²) in [5.74, 6) is 0.219. The predicted molar refractivity (Wildman–Crippen MR) is 62.8 cm³/mol. The highest BCUT2D eigenvalue weighted by Crippen LogP contribution is 2.42. The second-order valence-electron chi connectivity index (χ2n) is 4.70. The van der Waals surface area contributed by atoms with Gasteiger partial charge in [-0.05, 0) is 30.5 Å². The molecule has 1 aromatic carbocycles. The molecule has 1 fully saturated rings. The van der Waals surface area contributed by atoms with Crippen molar-refractivity contribution in [2.75, 3.05) is 0 Å². The zero-order valence-electron chi connectivity index (χ0n) is 10.2. The van der Waals surface area contributed by atoms with Crippen LogP contribution in [0.3, 0.4) is 0 Å². The average Bonchev–Trinajstić information content (AvgIpc) is 3.03. The summed E-state index contributed by atoms with van der Waals surface area (Å²) in [6.07, 6.45) is 1.44. The van der Waals surface area contributed by atoms with Gasteiger partial charge in [0.05, 0.1) is 11.9 Å². The third-order valence-electron chi connectivity index (χ3n) is 3.66. The van der Waals surface area contributed by atoms with Crippen LogP contribution in [0.25, 0.3) is 0 Å². The fourth-order valence-corrected chi connectivity index (χ4v) is 2.38. The maximum Gasteiger partial charge on any atom is 0.278 e. The Balaban J connectivity index is 1.94. The molecule has 2 aliphatic heterocycles. The minimum absolute atomic E-state index is 0.219. The lowest BCUT2D eigenvalue weighted by Gasteiger charge is -2.17. The summed E-state index contributed by atoms with van der Waals surface area (Å²) < 4.78 is 0. The Morgan fingerprint density at radius 1 is 1.35 bits per heavy atom. The van der Waals surface area contributed by atoms with Gasteiger partial charge < -0.3 is 0 Å². The van der Waals surface area contributed by atoms with E-state index in [1.165, 1.54) is 16.7 Å². The Hall–Kier alpha value is -1.52. The first kappa shape index (κ1) is 10.6. The van der Waals surface area contributed by atoms with E-state index in [0.717, 1.165) is 10.8 Å². The van der Waals surface area contributed by atoms with E-state index in [4.69, 9.17) is 4.84 Å². The van der Waals surface area contributed by atoms with Gasteiger partial charge in [-0.3, -0.25) is 5.21 Å². The molecular formula is C13H16N2O2. The number of benzene rings is 1. The number of aryl methyl sites for hydroxylation is 1. The number of nitrogens with zero attached hydrogens (tertiary/aromatic N) is 2. The third kappa shape index (κ3) is 1.52. The monoisotopic (exact) mass is 232 g/mol. The second kappa shape index (κ2) is 3.48. The molecule has 90 valence electrons. The highest BCUT2D eigenvalue weighted by molar-refractivity contribution is 5.39. The molecule has 1 N–H and O–H groups in total. The van der Waals surface area contributed by atoms with Gasteiger partial charge >= 0.3 is 0 Å². The molecule has 0 spiro atoms. The van der Waals surface area contributed by atoms with Gasteiger partial charge in [0.25, 0.3) is 6.35 Å². The fourth-order valence-electron chi connectivity index (χ4n) is 2.38. The molecule has 0 amide bonds. The quantitative estimate of drug-likeness (QED) is 0.795.